The van der Waals surface area contributed by atoms with Gasteiger partial charge in [0.15, 0.2) is 6.61 Å². The van der Waals surface area contributed by atoms with E-state index in [1.807, 2.05) is 19.9 Å². The minimum atomic E-state index is -3.22. The average Bonchev–Trinajstić information content (AvgIpc) is 2.94. The van der Waals surface area contributed by atoms with E-state index >= 15 is 0 Å². The Labute approximate surface area is 161 Å². The van der Waals surface area contributed by atoms with Crippen LogP contribution in [0.15, 0.2) is 6.07 Å². The molecule has 8 heteroatoms. The number of sulfonamides is 1. The molecule has 0 atom stereocenters. The summed E-state index contributed by atoms with van der Waals surface area (Å²) in [6.45, 7) is 8.78. The Morgan fingerprint density at radius 1 is 1.19 bits per heavy atom. The van der Waals surface area contributed by atoms with Gasteiger partial charge in [-0.15, -0.1) is 0 Å². The number of aryl methyl sites for hydroxylation is 1. The van der Waals surface area contributed by atoms with Gasteiger partial charge in [-0.1, -0.05) is 6.92 Å². The van der Waals surface area contributed by atoms with Crippen molar-refractivity contribution < 1.29 is 22.7 Å². The van der Waals surface area contributed by atoms with E-state index in [1.165, 1.54) is 4.31 Å². The van der Waals surface area contributed by atoms with Crippen LogP contribution in [0.5, 0.6) is 0 Å². The number of nitrogens with zero attached hydrogens (tertiary/aromatic N) is 2. The summed E-state index contributed by atoms with van der Waals surface area (Å²) in [6, 6.07) is 1.84. The molecule has 2 rings (SSSR count). The minimum absolute atomic E-state index is 0.0626. The Kier molecular flexibility index (Phi) is 7.22. The van der Waals surface area contributed by atoms with Crippen LogP contribution in [0.2, 0.25) is 0 Å². The predicted octanol–water partition coefficient (Wildman–Crippen LogP) is 2.30. The van der Waals surface area contributed by atoms with Gasteiger partial charge in [0, 0.05) is 36.6 Å². The smallest absolute Gasteiger partial charge is 0.309 e. The fraction of sp³-hybridized carbons (Fsp3) is 0.684. The first kappa shape index (κ1) is 21.6. The molecular formula is C19H30N2O5S. The lowest BCUT2D eigenvalue weighted by atomic mass is 9.98. The molecule has 1 aromatic rings. The van der Waals surface area contributed by atoms with Gasteiger partial charge in [-0.25, -0.2) is 12.7 Å². The van der Waals surface area contributed by atoms with Crippen LogP contribution in [0.4, 0.5) is 0 Å². The van der Waals surface area contributed by atoms with Crippen molar-refractivity contribution in [3.05, 3.63) is 23.0 Å². The normalized spacial score (nSPS) is 16.4. The number of Topliss-reactive ketones (excluding diaryl/α,β-unsaturated/α-hetero) is 1. The molecule has 0 N–H and O–H groups in total. The number of rotatable bonds is 8. The molecule has 7 nitrogen and oxygen atoms in total. The molecule has 1 aliphatic heterocycles. The first-order valence-corrected chi connectivity index (χ1v) is 11.2. The molecule has 152 valence electrons. The third kappa shape index (κ3) is 4.99. The van der Waals surface area contributed by atoms with Gasteiger partial charge >= 0.3 is 5.97 Å². The first-order chi connectivity index (χ1) is 12.7. The minimum Gasteiger partial charge on any atom is -0.457 e. The summed E-state index contributed by atoms with van der Waals surface area (Å²) in [5.41, 5.74) is 2.51. The molecule has 1 aliphatic rings. The number of esters is 1. The maximum absolute atomic E-state index is 12.5. The van der Waals surface area contributed by atoms with E-state index in [-0.39, 0.29) is 24.1 Å². The Balaban J connectivity index is 1.89. The zero-order valence-corrected chi connectivity index (χ0v) is 17.5. The largest absolute Gasteiger partial charge is 0.457 e. The van der Waals surface area contributed by atoms with E-state index in [4.69, 9.17) is 4.74 Å². The van der Waals surface area contributed by atoms with Crippen LogP contribution in [0.3, 0.4) is 0 Å². The van der Waals surface area contributed by atoms with E-state index in [0.717, 1.165) is 24.4 Å². The van der Waals surface area contributed by atoms with E-state index in [2.05, 4.69) is 11.5 Å². The fourth-order valence-corrected chi connectivity index (χ4v) is 4.67. The highest BCUT2D eigenvalue weighted by atomic mass is 32.2. The van der Waals surface area contributed by atoms with Crippen molar-refractivity contribution in [1.82, 2.24) is 8.87 Å². The second-order valence-corrected chi connectivity index (χ2v) is 9.30. The zero-order chi connectivity index (χ0) is 20.2. The molecule has 1 aromatic heterocycles. The summed E-state index contributed by atoms with van der Waals surface area (Å²) < 4.78 is 32.5. The summed E-state index contributed by atoms with van der Waals surface area (Å²) in [5.74, 6) is -0.912. The molecule has 1 fully saturated rings. The Hall–Kier alpha value is -1.67. The monoisotopic (exact) mass is 398 g/mol. The highest BCUT2D eigenvalue weighted by molar-refractivity contribution is 7.89. The standard InChI is InChI=1S/C19H30N2O5S/c1-5-9-21-14(3)12-17(15(21)4)18(22)13-26-19(23)16-7-10-20(11-8-16)27(24,25)6-2/h12,16H,5-11,13H2,1-4H3. The van der Waals surface area contributed by atoms with E-state index < -0.39 is 16.0 Å². The van der Waals surface area contributed by atoms with Crippen LogP contribution in [-0.2, 0) is 26.1 Å². The number of hydrogen-bond donors (Lipinski definition) is 0. The van der Waals surface area contributed by atoms with Gasteiger partial charge in [0.1, 0.15) is 0 Å². The fourth-order valence-electron chi connectivity index (χ4n) is 3.54. The van der Waals surface area contributed by atoms with E-state index in [0.29, 0.717) is 31.5 Å². The zero-order valence-electron chi connectivity index (χ0n) is 16.7. The maximum atomic E-state index is 12.5. The lowest BCUT2D eigenvalue weighted by Gasteiger charge is -2.29. The number of aromatic nitrogens is 1. The predicted molar refractivity (Wildman–Crippen MR) is 103 cm³/mol. The Bertz CT molecular complexity index is 789. The maximum Gasteiger partial charge on any atom is 0.309 e. The topological polar surface area (TPSA) is 85.7 Å². The van der Waals surface area contributed by atoms with Crippen molar-refractivity contribution in [1.29, 1.82) is 0 Å². The van der Waals surface area contributed by atoms with Crippen LogP contribution in [0, 0.1) is 19.8 Å². The second-order valence-electron chi connectivity index (χ2n) is 7.04. The third-order valence-corrected chi connectivity index (χ3v) is 7.09. The van der Waals surface area contributed by atoms with Crippen LogP contribution < -0.4 is 0 Å². The molecule has 0 spiro atoms. The summed E-state index contributed by atoms with van der Waals surface area (Å²) in [5, 5.41) is 0. The summed E-state index contributed by atoms with van der Waals surface area (Å²) in [6.07, 6.45) is 1.83. The van der Waals surface area contributed by atoms with Crippen LogP contribution in [0.25, 0.3) is 0 Å². The number of ether oxygens (including phenoxy) is 1. The van der Waals surface area contributed by atoms with Crippen LogP contribution >= 0.6 is 0 Å². The van der Waals surface area contributed by atoms with Crippen LogP contribution in [-0.4, -0.2) is 54.5 Å². The lowest BCUT2D eigenvalue weighted by Crippen LogP contribution is -2.41. The van der Waals surface area contributed by atoms with Crippen molar-refractivity contribution >= 4 is 21.8 Å². The van der Waals surface area contributed by atoms with Gasteiger partial charge in [0.2, 0.25) is 15.8 Å². The third-order valence-electron chi connectivity index (χ3n) is 5.21. The molecule has 0 saturated carbocycles. The molecule has 0 aliphatic carbocycles. The molecule has 0 bridgehead atoms. The molecule has 0 unspecified atom stereocenters. The van der Waals surface area contributed by atoms with Crippen molar-refractivity contribution in [2.24, 2.45) is 5.92 Å². The van der Waals surface area contributed by atoms with Gasteiger partial charge in [-0.2, -0.15) is 0 Å². The van der Waals surface area contributed by atoms with E-state index in [1.54, 1.807) is 6.92 Å². The quantitative estimate of drug-likeness (QED) is 0.495. The Morgan fingerprint density at radius 2 is 1.81 bits per heavy atom. The molecule has 1 saturated heterocycles. The Morgan fingerprint density at radius 3 is 2.37 bits per heavy atom. The van der Waals surface area contributed by atoms with E-state index in [9.17, 15) is 18.0 Å². The second kappa shape index (κ2) is 9.01. The highest BCUT2D eigenvalue weighted by Crippen LogP contribution is 2.22. The van der Waals surface area contributed by atoms with Crippen molar-refractivity contribution in [3.63, 3.8) is 0 Å². The summed E-state index contributed by atoms with van der Waals surface area (Å²) >= 11 is 0. The molecule has 0 amide bonds. The van der Waals surface area contributed by atoms with Gasteiger partial charge in [0.05, 0.1) is 11.7 Å². The number of hydrogen-bond acceptors (Lipinski definition) is 5. The van der Waals surface area contributed by atoms with Gasteiger partial charge in [0.25, 0.3) is 0 Å². The van der Waals surface area contributed by atoms with Crippen molar-refractivity contribution in [3.8, 4) is 0 Å². The van der Waals surface area contributed by atoms with Gasteiger partial charge in [-0.3, -0.25) is 9.59 Å². The molecule has 27 heavy (non-hydrogen) atoms. The molecule has 0 aromatic carbocycles. The highest BCUT2D eigenvalue weighted by Gasteiger charge is 2.31. The van der Waals surface area contributed by atoms with Crippen molar-refractivity contribution in [2.75, 3.05) is 25.4 Å². The first-order valence-electron chi connectivity index (χ1n) is 9.55. The van der Waals surface area contributed by atoms with Crippen molar-refractivity contribution in [2.45, 2.75) is 53.5 Å². The van der Waals surface area contributed by atoms with Gasteiger partial charge < -0.3 is 9.30 Å². The SMILES string of the molecule is CCCn1c(C)cc(C(=O)COC(=O)C2CCN(S(=O)(=O)CC)CC2)c1C. The number of piperidine rings is 1. The average molecular weight is 399 g/mol. The number of ketones is 1. The number of carbonyl (C=O) groups is 2. The summed E-state index contributed by atoms with van der Waals surface area (Å²) in [7, 11) is -3.22. The molecule has 2 heterocycles. The number of carbonyl (C=O) groups excluding carboxylic acids is 2. The lowest BCUT2D eigenvalue weighted by molar-refractivity contribution is -0.148. The van der Waals surface area contributed by atoms with Gasteiger partial charge in [-0.05, 0) is 46.1 Å². The summed E-state index contributed by atoms with van der Waals surface area (Å²) in [4.78, 5) is 24.7. The molecular weight excluding hydrogens is 368 g/mol. The van der Waals surface area contributed by atoms with Crippen LogP contribution in [0.1, 0.15) is 54.9 Å². The molecule has 0 radical (unpaired) electrons.